The summed E-state index contributed by atoms with van der Waals surface area (Å²) in [6.07, 6.45) is 2.24. The van der Waals surface area contributed by atoms with Gasteiger partial charge in [-0.05, 0) is 64.3 Å². The highest BCUT2D eigenvalue weighted by molar-refractivity contribution is 9.10. The monoisotopic (exact) mass is 578 g/mol. The fourth-order valence-electron chi connectivity index (χ4n) is 2.86. The van der Waals surface area contributed by atoms with Gasteiger partial charge in [0.25, 0.3) is 5.91 Å². The van der Waals surface area contributed by atoms with Gasteiger partial charge in [0.1, 0.15) is 24.5 Å². The maximum Gasteiger partial charge on any atom is 0.253 e. The Morgan fingerprint density at radius 1 is 1.11 bits per heavy atom. The predicted molar refractivity (Wildman–Crippen MR) is 139 cm³/mol. The lowest BCUT2D eigenvalue weighted by molar-refractivity contribution is -0.112. The predicted octanol–water partition coefficient (Wildman–Crippen LogP) is 3.79. The van der Waals surface area contributed by atoms with Crippen LogP contribution in [0.1, 0.15) is 10.4 Å². The van der Waals surface area contributed by atoms with E-state index < -0.39 is 11.7 Å². The van der Waals surface area contributed by atoms with Gasteiger partial charge in [-0.15, -0.1) is 0 Å². The molecule has 0 aliphatic rings. The SMILES string of the molecule is NC(=O)c1c(F)cccc1Nc1nc(Nc2ccc(SNCCOCCOCC=O)cc2)ncc1Br. The fraction of sp³-hybridized carbons (Fsp3) is 0.217. The molecule has 10 nitrogen and oxygen atoms in total. The van der Waals surface area contributed by atoms with Crippen LogP contribution in [0.2, 0.25) is 0 Å². The van der Waals surface area contributed by atoms with Crippen molar-refractivity contribution in [3.8, 4) is 0 Å². The van der Waals surface area contributed by atoms with Crippen molar-refractivity contribution in [2.75, 3.05) is 43.6 Å². The maximum atomic E-state index is 14.1. The Labute approximate surface area is 219 Å². The second kappa shape index (κ2) is 14.5. The Balaban J connectivity index is 1.52. The lowest BCUT2D eigenvalue weighted by atomic mass is 10.1. The normalized spacial score (nSPS) is 10.7. The van der Waals surface area contributed by atoms with E-state index in [1.165, 1.54) is 30.3 Å². The third-order valence-corrected chi connectivity index (χ3v) is 5.90. The summed E-state index contributed by atoms with van der Waals surface area (Å²) in [5, 5.41) is 6.03. The molecule has 0 fully saturated rings. The third-order valence-electron chi connectivity index (χ3n) is 4.46. The van der Waals surface area contributed by atoms with Crippen molar-refractivity contribution in [2.24, 2.45) is 5.73 Å². The Bertz CT molecular complexity index is 1170. The van der Waals surface area contributed by atoms with E-state index in [0.717, 1.165) is 16.6 Å². The average Bonchev–Trinajstić information content (AvgIpc) is 2.86. The lowest BCUT2D eigenvalue weighted by Crippen LogP contribution is -2.16. The number of aldehydes is 1. The minimum Gasteiger partial charge on any atom is -0.378 e. The molecule has 3 rings (SSSR count). The Kier molecular flexibility index (Phi) is 11.0. The highest BCUT2D eigenvalue weighted by Gasteiger charge is 2.16. The van der Waals surface area contributed by atoms with E-state index in [4.69, 9.17) is 15.2 Å². The van der Waals surface area contributed by atoms with Gasteiger partial charge in [0, 0.05) is 23.3 Å². The summed E-state index contributed by atoms with van der Waals surface area (Å²) in [6.45, 7) is 2.07. The second-order valence-electron chi connectivity index (χ2n) is 7.04. The van der Waals surface area contributed by atoms with Crippen molar-refractivity contribution < 1.29 is 23.5 Å². The van der Waals surface area contributed by atoms with Gasteiger partial charge < -0.3 is 30.6 Å². The number of rotatable bonds is 15. The summed E-state index contributed by atoms with van der Waals surface area (Å²) in [7, 11) is 0. The molecule has 1 amide bonds. The van der Waals surface area contributed by atoms with Crippen LogP contribution in [0.4, 0.5) is 27.5 Å². The van der Waals surface area contributed by atoms with E-state index >= 15 is 0 Å². The number of nitrogens with two attached hydrogens (primary N) is 1. The van der Waals surface area contributed by atoms with Crippen LogP contribution in [-0.4, -0.2) is 55.1 Å². The first kappa shape index (κ1) is 27.5. The van der Waals surface area contributed by atoms with Gasteiger partial charge in [-0.1, -0.05) is 6.07 Å². The van der Waals surface area contributed by atoms with Crippen molar-refractivity contribution in [1.82, 2.24) is 14.7 Å². The molecule has 190 valence electrons. The molecule has 0 bridgehead atoms. The fourth-order valence-corrected chi connectivity index (χ4v) is 3.77. The quantitative estimate of drug-likeness (QED) is 0.119. The summed E-state index contributed by atoms with van der Waals surface area (Å²) in [5.74, 6) is -0.989. The van der Waals surface area contributed by atoms with Gasteiger partial charge in [-0.25, -0.2) is 9.37 Å². The maximum absolute atomic E-state index is 14.1. The van der Waals surface area contributed by atoms with Crippen molar-refractivity contribution >= 4 is 63.2 Å². The molecule has 0 saturated carbocycles. The zero-order chi connectivity index (χ0) is 25.8. The lowest BCUT2D eigenvalue weighted by Gasteiger charge is -2.13. The number of aromatic nitrogens is 2. The highest BCUT2D eigenvalue weighted by atomic mass is 79.9. The summed E-state index contributed by atoms with van der Waals surface area (Å²) in [5.41, 5.74) is 6.02. The summed E-state index contributed by atoms with van der Waals surface area (Å²) in [4.78, 5) is 31.5. The highest BCUT2D eigenvalue weighted by Crippen LogP contribution is 2.28. The van der Waals surface area contributed by atoms with E-state index in [0.29, 0.717) is 48.9 Å². The van der Waals surface area contributed by atoms with Crippen LogP contribution in [-0.2, 0) is 14.3 Å². The number of hydrogen-bond acceptors (Lipinski definition) is 10. The molecule has 0 unspecified atom stereocenters. The largest absolute Gasteiger partial charge is 0.378 e. The minimum atomic E-state index is -0.889. The molecule has 2 aromatic carbocycles. The number of hydrogen-bond donors (Lipinski definition) is 4. The molecular weight excluding hydrogens is 555 g/mol. The van der Waals surface area contributed by atoms with Gasteiger partial charge in [0.15, 0.2) is 0 Å². The van der Waals surface area contributed by atoms with Crippen LogP contribution >= 0.6 is 27.9 Å². The van der Waals surface area contributed by atoms with E-state index in [1.807, 2.05) is 24.3 Å². The number of benzene rings is 2. The molecule has 36 heavy (non-hydrogen) atoms. The van der Waals surface area contributed by atoms with Crippen molar-refractivity contribution in [3.63, 3.8) is 0 Å². The molecule has 3 aromatic rings. The summed E-state index contributed by atoms with van der Waals surface area (Å²) < 4.78 is 28.2. The van der Waals surface area contributed by atoms with Gasteiger partial charge in [0.2, 0.25) is 5.95 Å². The number of ether oxygens (including phenoxy) is 2. The van der Waals surface area contributed by atoms with Gasteiger partial charge in [-0.3, -0.25) is 9.52 Å². The number of anilines is 4. The molecule has 0 aliphatic carbocycles. The average molecular weight is 579 g/mol. The number of carbonyl (C=O) groups is 2. The van der Waals surface area contributed by atoms with Gasteiger partial charge in [-0.2, -0.15) is 4.98 Å². The molecule has 0 aliphatic heterocycles. The molecule has 1 aromatic heterocycles. The first-order valence-electron chi connectivity index (χ1n) is 10.7. The Morgan fingerprint density at radius 2 is 1.89 bits per heavy atom. The van der Waals surface area contributed by atoms with Crippen LogP contribution in [0.5, 0.6) is 0 Å². The Morgan fingerprint density at radius 3 is 2.64 bits per heavy atom. The van der Waals surface area contributed by atoms with E-state index in [1.54, 1.807) is 0 Å². The molecule has 13 heteroatoms. The number of nitrogens with zero attached hydrogens (tertiary/aromatic N) is 2. The standard InChI is InChI=1S/C23H24BrFN6O4S/c24-17-14-27-23(31-22(17)30-19-3-1-2-18(25)20(19)21(26)33)29-15-4-6-16(7-5-15)36-28-8-10-34-12-13-35-11-9-32/h1-7,9,14,28H,8,10-13H2,(H2,26,33)(H2,27,29,30,31). The molecule has 0 radical (unpaired) electrons. The number of amides is 1. The number of primary amides is 1. The van der Waals surface area contributed by atoms with E-state index in [-0.39, 0.29) is 17.9 Å². The zero-order valence-corrected chi connectivity index (χ0v) is 21.4. The first-order chi connectivity index (χ1) is 17.5. The molecule has 5 N–H and O–H groups in total. The molecule has 0 spiro atoms. The van der Waals surface area contributed by atoms with Crippen molar-refractivity contribution in [1.29, 1.82) is 0 Å². The Hall–Kier alpha value is -3.10. The topological polar surface area (TPSA) is 140 Å². The number of halogens is 2. The van der Waals surface area contributed by atoms with E-state index in [2.05, 4.69) is 41.3 Å². The minimum absolute atomic E-state index is 0.0843. The molecule has 1 heterocycles. The zero-order valence-electron chi connectivity index (χ0n) is 19.0. The van der Waals surface area contributed by atoms with Crippen LogP contribution in [0.25, 0.3) is 0 Å². The third kappa shape index (κ3) is 8.53. The van der Waals surface area contributed by atoms with Crippen molar-refractivity contribution in [3.05, 3.63) is 64.5 Å². The van der Waals surface area contributed by atoms with Crippen molar-refractivity contribution in [2.45, 2.75) is 4.90 Å². The first-order valence-corrected chi connectivity index (χ1v) is 12.3. The van der Waals surface area contributed by atoms with Gasteiger partial charge in [0.05, 0.1) is 35.5 Å². The second-order valence-corrected chi connectivity index (χ2v) is 8.86. The summed E-state index contributed by atoms with van der Waals surface area (Å²) in [6, 6.07) is 11.8. The van der Waals surface area contributed by atoms with Gasteiger partial charge >= 0.3 is 0 Å². The van der Waals surface area contributed by atoms with E-state index in [9.17, 15) is 14.0 Å². The van der Waals surface area contributed by atoms with Crippen LogP contribution < -0.4 is 21.1 Å². The smallest absolute Gasteiger partial charge is 0.253 e. The molecule has 0 atom stereocenters. The van der Waals surface area contributed by atoms with Crippen LogP contribution in [0, 0.1) is 5.82 Å². The van der Waals surface area contributed by atoms with Crippen LogP contribution in [0.15, 0.2) is 58.0 Å². The number of nitrogens with one attached hydrogen (secondary N) is 3. The summed E-state index contributed by atoms with van der Waals surface area (Å²) >= 11 is 4.82. The number of carbonyl (C=O) groups excluding carboxylic acids is 2. The molecular formula is C23H24BrFN6O4S. The molecule has 0 saturated heterocycles. The van der Waals surface area contributed by atoms with Crippen LogP contribution in [0.3, 0.4) is 0 Å².